The minimum Gasteiger partial charge on any atom is -0.378 e. The first-order chi connectivity index (χ1) is 11.1. The first-order valence-corrected chi connectivity index (χ1v) is 7.62. The molecule has 2 aromatic rings. The van der Waals surface area contributed by atoms with Gasteiger partial charge in [0.2, 0.25) is 0 Å². The Balaban J connectivity index is 1.79. The smallest absolute Gasteiger partial charge is 0.254 e. The van der Waals surface area contributed by atoms with Crippen molar-refractivity contribution in [2.45, 2.75) is 0 Å². The maximum atomic E-state index is 12.4. The zero-order valence-corrected chi connectivity index (χ0v) is 13.4. The molecule has 23 heavy (non-hydrogen) atoms. The average Bonchev–Trinajstić information content (AvgIpc) is 2.62. The van der Waals surface area contributed by atoms with Crippen molar-refractivity contribution in [3.63, 3.8) is 0 Å². The highest BCUT2D eigenvalue weighted by atomic mass is 16.5. The minimum atomic E-state index is 0.0491. The van der Waals surface area contributed by atoms with Crippen molar-refractivity contribution in [1.82, 2.24) is 14.9 Å². The lowest BCUT2D eigenvalue weighted by molar-refractivity contribution is 0.0303. The van der Waals surface area contributed by atoms with Crippen molar-refractivity contribution in [1.29, 1.82) is 0 Å². The summed E-state index contributed by atoms with van der Waals surface area (Å²) >= 11 is 0. The molecule has 0 aliphatic carbocycles. The number of carbonyl (C=O) groups excluding carboxylic acids is 1. The fourth-order valence-corrected chi connectivity index (χ4v) is 2.44. The average molecular weight is 312 g/mol. The molecule has 1 fully saturated rings. The van der Waals surface area contributed by atoms with Crippen molar-refractivity contribution in [3.8, 4) is 11.3 Å². The predicted octanol–water partition coefficient (Wildman–Crippen LogP) is 1.68. The predicted molar refractivity (Wildman–Crippen MR) is 88.5 cm³/mol. The summed E-state index contributed by atoms with van der Waals surface area (Å²) in [6.45, 7) is 2.52. The zero-order valence-electron chi connectivity index (χ0n) is 13.4. The highest BCUT2D eigenvalue weighted by Crippen LogP contribution is 2.20. The van der Waals surface area contributed by atoms with Gasteiger partial charge in [-0.3, -0.25) is 9.78 Å². The third-order valence-electron chi connectivity index (χ3n) is 3.81. The van der Waals surface area contributed by atoms with Crippen LogP contribution in [0.2, 0.25) is 0 Å². The van der Waals surface area contributed by atoms with Crippen LogP contribution in [-0.2, 0) is 4.74 Å². The van der Waals surface area contributed by atoms with Crippen molar-refractivity contribution < 1.29 is 9.53 Å². The summed E-state index contributed by atoms with van der Waals surface area (Å²) in [6, 6.07) is 7.52. The number of anilines is 1. The summed E-state index contributed by atoms with van der Waals surface area (Å²) in [5.41, 5.74) is 2.42. The highest BCUT2D eigenvalue weighted by molar-refractivity contribution is 5.94. The first kappa shape index (κ1) is 15.4. The van der Waals surface area contributed by atoms with Gasteiger partial charge in [0.05, 0.1) is 31.3 Å². The third kappa shape index (κ3) is 3.48. The van der Waals surface area contributed by atoms with Crippen molar-refractivity contribution in [2.75, 3.05) is 45.3 Å². The Hall–Kier alpha value is -2.47. The lowest BCUT2D eigenvalue weighted by Crippen LogP contribution is -2.40. The molecule has 1 amide bonds. The highest BCUT2D eigenvalue weighted by Gasteiger charge is 2.18. The molecular formula is C17H20N4O2. The number of carbonyl (C=O) groups is 1. The maximum Gasteiger partial charge on any atom is 0.254 e. The molecule has 1 aromatic carbocycles. The summed E-state index contributed by atoms with van der Waals surface area (Å²) in [6.07, 6.45) is 3.45. The summed E-state index contributed by atoms with van der Waals surface area (Å²) in [5.74, 6) is 0.851. The number of hydrogen-bond acceptors (Lipinski definition) is 5. The molecule has 0 spiro atoms. The normalized spacial score (nSPS) is 14.6. The standard InChI is InChI=1S/C17H20N4O2/c1-20(2)16-12-18-11-15(19-16)13-3-5-14(6-4-13)17(22)21-7-9-23-10-8-21/h3-6,11-12H,7-10H2,1-2H3. The molecule has 1 aliphatic rings. The fraction of sp³-hybridized carbons (Fsp3) is 0.353. The number of nitrogens with zero attached hydrogens (tertiary/aromatic N) is 4. The summed E-state index contributed by atoms with van der Waals surface area (Å²) in [7, 11) is 3.86. The molecule has 0 unspecified atom stereocenters. The van der Waals surface area contributed by atoms with Gasteiger partial charge in [0.15, 0.2) is 0 Å². The van der Waals surface area contributed by atoms with Crippen LogP contribution in [0.1, 0.15) is 10.4 Å². The molecule has 0 saturated carbocycles. The van der Waals surface area contributed by atoms with Crippen molar-refractivity contribution >= 4 is 11.7 Å². The van der Waals surface area contributed by atoms with E-state index in [0.29, 0.717) is 31.9 Å². The first-order valence-electron chi connectivity index (χ1n) is 7.62. The van der Waals surface area contributed by atoms with Crippen LogP contribution in [0.15, 0.2) is 36.7 Å². The number of ether oxygens (including phenoxy) is 1. The molecule has 1 aliphatic heterocycles. The molecule has 6 nitrogen and oxygen atoms in total. The minimum absolute atomic E-state index is 0.0491. The molecule has 3 rings (SSSR count). The van der Waals surface area contributed by atoms with Crippen LogP contribution in [0, 0.1) is 0 Å². The Bertz CT molecular complexity index is 679. The van der Waals surface area contributed by atoms with Crippen LogP contribution >= 0.6 is 0 Å². The molecule has 6 heteroatoms. The molecule has 0 N–H and O–H groups in total. The molecule has 0 atom stereocenters. The van der Waals surface area contributed by atoms with E-state index >= 15 is 0 Å². The van der Waals surface area contributed by atoms with Gasteiger partial charge in [0.1, 0.15) is 5.82 Å². The van der Waals surface area contributed by atoms with Gasteiger partial charge in [-0.1, -0.05) is 12.1 Å². The van der Waals surface area contributed by atoms with Gasteiger partial charge < -0.3 is 14.5 Å². The van der Waals surface area contributed by atoms with E-state index in [-0.39, 0.29) is 5.91 Å². The second-order valence-electron chi connectivity index (χ2n) is 5.64. The summed E-state index contributed by atoms with van der Waals surface area (Å²) < 4.78 is 5.28. The monoisotopic (exact) mass is 312 g/mol. The van der Waals surface area contributed by atoms with E-state index in [2.05, 4.69) is 9.97 Å². The number of morpholine rings is 1. The lowest BCUT2D eigenvalue weighted by Gasteiger charge is -2.26. The third-order valence-corrected chi connectivity index (χ3v) is 3.81. The second-order valence-corrected chi connectivity index (χ2v) is 5.64. The SMILES string of the molecule is CN(C)c1cncc(-c2ccc(C(=O)N3CCOCC3)cc2)n1. The molecule has 1 saturated heterocycles. The van der Waals surface area contributed by atoms with Crippen LogP contribution in [0.4, 0.5) is 5.82 Å². The fourth-order valence-electron chi connectivity index (χ4n) is 2.44. The summed E-state index contributed by atoms with van der Waals surface area (Å²) in [5, 5.41) is 0. The van der Waals surface area contributed by atoms with Crippen LogP contribution in [0.3, 0.4) is 0 Å². The van der Waals surface area contributed by atoms with Gasteiger partial charge >= 0.3 is 0 Å². The molecule has 2 heterocycles. The lowest BCUT2D eigenvalue weighted by atomic mass is 10.1. The Labute approximate surface area is 135 Å². The largest absolute Gasteiger partial charge is 0.378 e. The van der Waals surface area contributed by atoms with E-state index in [0.717, 1.165) is 17.1 Å². The van der Waals surface area contributed by atoms with Crippen LogP contribution < -0.4 is 4.90 Å². The number of aromatic nitrogens is 2. The van der Waals surface area contributed by atoms with E-state index in [1.807, 2.05) is 48.2 Å². The van der Waals surface area contributed by atoms with Gasteiger partial charge in [0.25, 0.3) is 5.91 Å². The van der Waals surface area contributed by atoms with Gasteiger partial charge in [-0.25, -0.2) is 4.98 Å². The van der Waals surface area contributed by atoms with E-state index in [1.165, 1.54) is 0 Å². The number of benzene rings is 1. The van der Waals surface area contributed by atoms with E-state index in [4.69, 9.17) is 4.74 Å². The van der Waals surface area contributed by atoms with Gasteiger partial charge in [-0.05, 0) is 12.1 Å². The Morgan fingerprint density at radius 3 is 2.48 bits per heavy atom. The van der Waals surface area contributed by atoms with E-state index < -0.39 is 0 Å². The zero-order chi connectivity index (χ0) is 16.2. The Kier molecular flexibility index (Phi) is 4.52. The molecule has 1 aromatic heterocycles. The Morgan fingerprint density at radius 2 is 1.83 bits per heavy atom. The number of amides is 1. The van der Waals surface area contributed by atoms with Crippen molar-refractivity contribution in [3.05, 3.63) is 42.2 Å². The number of rotatable bonds is 3. The number of hydrogen-bond donors (Lipinski definition) is 0. The van der Waals surface area contributed by atoms with E-state index in [1.54, 1.807) is 12.4 Å². The molecule has 120 valence electrons. The maximum absolute atomic E-state index is 12.4. The molecule has 0 bridgehead atoms. The van der Waals surface area contributed by atoms with Crippen LogP contribution in [0.25, 0.3) is 11.3 Å². The van der Waals surface area contributed by atoms with E-state index in [9.17, 15) is 4.79 Å². The van der Waals surface area contributed by atoms with Crippen molar-refractivity contribution in [2.24, 2.45) is 0 Å². The van der Waals surface area contributed by atoms with Crippen LogP contribution in [-0.4, -0.2) is 61.2 Å². The van der Waals surface area contributed by atoms with Gasteiger partial charge in [-0.2, -0.15) is 0 Å². The molecule has 0 radical (unpaired) electrons. The Morgan fingerprint density at radius 1 is 1.13 bits per heavy atom. The van der Waals surface area contributed by atoms with Gasteiger partial charge in [-0.15, -0.1) is 0 Å². The van der Waals surface area contributed by atoms with Crippen LogP contribution in [0.5, 0.6) is 0 Å². The molecular weight excluding hydrogens is 292 g/mol. The summed E-state index contributed by atoms with van der Waals surface area (Å²) in [4.78, 5) is 24.9. The topological polar surface area (TPSA) is 58.6 Å². The second kappa shape index (κ2) is 6.75. The van der Waals surface area contributed by atoms with Gasteiger partial charge in [0, 0.05) is 38.3 Å². The quantitative estimate of drug-likeness (QED) is 0.863.